The molecule has 31 heavy (non-hydrogen) atoms. The van der Waals surface area contributed by atoms with Gasteiger partial charge in [-0.05, 0) is 43.2 Å². The average molecular weight is 484 g/mol. The van der Waals surface area contributed by atoms with Gasteiger partial charge in [0.25, 0.3) is 0 Å². The standard InChI is InChI=1S/C23H18BrNO6/c24-14-7-5-13(6-8-14)20(27)12-31-23(30)18-11-15(9-10-19(18)26)25-21(28)16-3-1-2-4-17(16)22(25)29/h1-2,5-11,16-17,26H,3-4,12H2/t16-,17-/m0/s1. The molecule has 0 bridgehead atoms. The van der Waals surface area contributed by atoms with Crippen molar-refractivity contribution in [2.24, 2.45) is 11.8 Å². The molecule has 1 N–H and O–H groups in total. The largest absolute Gasteiger partial charge is 0.507 e. The predicted octanol–water partition coefficient (Wildman–Crippen LogP) is 3.65. The fourth-order valence-electron chi connectivity index (χ4n) is 3.81. The maximum absolute atomic E-state index is 12.8. The number of hydrogen-bond donors (Lipinski definition) is 1. The molecular formula is C23H18BrNO6. The molecule has 0 aromatic heterocycles. The van der Waals surface area contributed by atoms with Crippen molar-refractivity contribution in [3.8, 4) is 5.75 Å². The molecule has 2 amide bonds. The number of carbonyl (C=O) groups is 4. The van der Waals surface area contributed by atoms with Gasteiger partial charge in [-0.3, -0.25) is 19.3 Å². The third-order valence-electron chi connectivity index (χ3n) is 5.47. The highest BCUT2D eigenvalue weighted by Crippen LogP contribution is 2.38. The van der Waals surface area contributed by atoms with Crippen LogP contribution in [0.4, 0.5) is 5.69 Å². The molecule has 2 aromatic carbocycles. The van der Waals surface area contributed by atoms with E-state index < -0.39 is 30.2 Å². The number of benzene rings is 2. The Balaban J connectivity index is 1.50. The second-order valence-corrected chi connectivity index (χ2v) is 8.29. The lowest BCUT2D eigenvalue weighted by Crippen LogP contribution is -2.31. The molecular weight excluding hydrogens is 466 g/mol. The number of halogens is 1. The van der Waals surface area contributed by atoms with Crippen molar-refractivity contribution in [1.82, 2.24) is 0 Å². The van der Waals surface area contributed by atoms with Crippen molar-refractivity contribution in [1.29, 1.82) is 0 Å². The summed E-state index contributed by atoms with van der Waals surface area (Å²) in [7, 11) is 0. The molecule has 2 atom stereocenters. The van der Waals surface area contributed by atoms with Crippen molar-refractivity contribution in [2.45, 2.75) is 12.8 Å². The van der Waals surface area contributed by atoms with Gasteiger partial charge in [0, 0.05) is 10.0 Å². The summed E-state index contributed by atoms with van der Waals surface area (Å²) in [6.07, 6.45) is 4.77. The molecule has 8 heteroatoms. The maximum atomic E-state index is 12.8. The minimum absolute atomic E-state index is 0.188. The number of ketones is 1. The monoisotopic (exact) mass is 483 g/mol. The molecule has 1 aliphatic carbocycles. The number of esters is 1. The summed E-state index contributed by atoms with van der Waals surface area (Å²) < 4.78 is 5.87. The first-order valence-electron chi connectivity index (χ1n) is 9.68. The Hall–Kier alpha value is -3.26. The summed E-state index contributed by atoms with van der Waals surface area (Å²) >= 11 is 3.28. The third kappa shape index (κ3) is 4.03. The van der Waals surface area contributed by atoms with E-state index in [2.05, 4.69) is 15.9 Å². The lowest BCUT2D eigenvalue weighted by Gasteiger charge is -2.16. The maximum Gasteiger partial charge on any atom is 0.342 e. The van der Waals surface area contributed by atoms with Crippen molar-refractivity contribution in [3.63, 3.8) is 0 Å². The van der Waals surface area contributed by atoms with Gasteiger partial charge < -0.3 is 9.84 Å². The summed E-state index contributed by atoms with van der Waals surface area (Å²) in [5, 5.41) is 10.1. The molecule has 2 aliphatic rings. The van der Waals surface area contributed by atoms with Crippen LogP contribution >= 0.6 is 15.9 Å². The fourth-order valence-corrected chi connectivity index (χ4v) is 4.07. The summed E-state index contributed by atoms with van der Waals surface area (Å²) in [5.74, 6) is -3.18. The predicted molar refractivity (Wildman–Crippen MR) is 115 cm³/mol. The minimum Gasteiger partial charge on any atom is -0.507 e. The van der Waals surface area contributed by atoms with Gasteiger partial charge in [0.15, 0.2) is 12.4 Å². The van der Waals surface area contributed by atoms with Crippen LogP contribution < -0.4 is 4.90 Å². The molecule has 7 nitrogen and oxygen atoms in total. The van der Waals surface area contributed by atoms with Gasteiger partial charge in [0.05, 0.1) is 17.5 Å². The molecule has 0 radical (unpaired) electrons. The Morgan fingerprint density at radius 2 is 1.61 bits per heavy atom. The highest BCUT2D eigenvalue weighted by atomic mass is 79.9. The van der Waals surface area contributed by atoms with Gasteiger partial charge in [-0.15, -0.1) is 0 Å². The number of phenolic OH excluding ortho intramolecular Hbond substituents is 1. The summed E-state index contributed by atoms with van der Waals surface area (Å²) in [6.45, 7) is -0.512. The van der Waals surface area contributed by atoms with Gasteiger partial charge in [-0.25, -0.2) is 4.79 Å². The molecule has 0 spiro atoms. The highest BCUT2D eigenvalue weighted by molar-refractivity contribution is 9.10. The molecule has 1 heterocycles. The lowest BCUT2D eigenvalue weighted by atomic mass is 9.85. The van der Waals surface area contributed by atoms with Gasteiger partial charge in [0.2, 0.25) is 11.8 Å². The molecule has 1 saturated heterocycles. The van der Waals surface area contributed by atoms with E-state index in [9.17, 15) is 24.3 Å². The van der Waals surface area contributed by atoms with Gasteiger partial charge >= 0.3 is 5.97 Å². The Kier molecular flexibility index (Phi) is 5.73. The number of hydrogen-bond acceptors (Lipinski definition) is 6. The number of allylic oxidation sites excluding steroid dienone is 2. The van der Waals surface area contributed by atoms with Crippen LogP contribution in [0.15, 0.2) is 59.1 Å². The van der Waals surface area contributed by atoms with Crippen LogP contribution in [0.2, 0.25) is 0 Å². The van der Waals surface area contributed by atoms with E-state index in [0.29, 0.717) is 18.4 Å². The van der Waals surface area contributed by atoms with E-state index in [1.807, 2.05) is 12.2 Å². The van der Waals surface area contributed by atoms with Gasteiger partial charge in [-0.2, -0.15) is 0 Å². The smallest absolute Gasteiger partial charge is 0.342 e. The second kappa shape index (κ2) is 8.47. The zero-order valence-corrected chi connectivity index (χ0v) is 17.9. The number of nitrogens with zero attached hydrogens (tertiary/aromatic N) is 1. The SMILES string of the molecule is O=C(COC(=O)c1cc(N2C(=O)[C@H]3CC=CC[C@@H]3C2=O)ccc1O)c1ccc(Br)cc1. The van der Waals surface area contributed by atoms with Crippen LogP contribution in [0.25, 0.3) is 0 Å². The first-order chi connectivity index (χ1) is 14.9. The summed E-state index contributed by atoms with van der Waals surface area (Å²) in [4.78, 5) is 51.3. The van der Waals surface area contributed by atoms with Crippen molar-refractivity contribution in [2.75, 3.05) is 11.5 Å². The zero-order valence-electron chi connectivity index (χ0n) is 16.3. The molecule has 1 fully saturated rings. The van der Waals surface area contributed by atoms with E-state index in [1.165, 1.54) is 18.2 Å². The Bertz CT molecular complexity index is 1080. The first kappa shape index (κ1) is 21.0. The number of phenols is 1. The fraction of sp³-hybridized carbons (Fsp3) is 0.217. The Morgan fingerprint density at radius 1 is 1.00 bits per heavy atom. The van der Waals surface area contributed by atoms with Crippen LogP contribution in [-0.4, -0.2) is 35.3 Å². The summed E-state index contributed by atoms with van der Waals surface area (Å²) in [6, 6.07) is 10.4. The van der Waals surface area contributed by atoms with E-state index >= 15 is 0 Å². The average Bonchev–Trinajstić information content (AvgIpc) is 3.03. The zero-order chi connectivity index (χ0) is 22.1. The van der Waals surface area contributed by atoms with Crippen molar-refractivity contribution < 1.29 is 29.0 Å². The number of carbonyl (C=O) groups excluding carboxylic acids is 4. The molecule has 0 saturated carbocycles. The van der Waals surface area contributed by atoms with Crippen LogP contribution in [0.5, 0.6) is 5.75 Å². The topological polar surface area (TPSA) is 101 Å². The number of fused-ring (bicyclic) bond motifs is 1. The molecule has 4 rings (SSSR count). The van der Waals surface area contributed by atoms with Crippen LogP contribution in [0.1, 0.15) is 33.6 Å². The number of amides is 2. The number of anilines is 1. The number of ether oxygens (including phenoxy) is 1. The van der Waals surface area contributed by atoms with E-state index in [0.717, 1.165) is 9.37 Å². The van der Waals surface area contributed by atoms with Crippen LogP contribution in [0.3, 0.4) is 0 Å². The van der Waals surface area contributed by atoms with Gasteiger partial charge in [0.1, 0.15) is 11.3 Å². The number of aromatic hydroxyl groups is 1. The van der Waals surface area contributed by atoms with Gasteiger partial charge in [-0.1, -0.05) is 40.2 Å². The van der Waals surface area contributed by atoms with Crippen LogP contribution in [-0.2, 0) is 14.3 Å². The number of imide groups is 1. The molecule has 0 unspecified atom stereocenters. The van der Waals surface area contributed by atoms with E-state index in [-0.39, 0.29) is 28.8 Å². The van der Waals surface area contributed by atoms with Crippen molar-refractivity contribution in [3.05, 3.63) is 70.2 Å². The first-order valence-corrected chi connectivity index (χ1v) is 10.5. The van der Waals surface area contributed by atoms with E-state index in [1.54, 1.807) is 24.3 Å². The molecule has 2 aromatic rings. The molecule has 1 aliphatic heterocycles. The lowest BCUT2D eigenvalue weighted by molar-refractivity contribution is -0.122. The number of rotatable bonds is 5. The van der Waals surface area contributed by atoms with Crippen molar-refractivity contribution >= 4 is 45.2 Å². The Labute approximate surface area is 186 Å². The quantitative estimate of drug-likeness (QED) is 0.301. The van der Waals surface area contributed by atoms with E-state index in [4.69, 9.17) is 4.74 Å². The second-order valence-electron chi connectivity index (χ2n) is 7.38. The van der Waals surface area contributed by atoms with Crippen LogP contribution in [0, 0.1) is 11.8 Å². The third-order valence-corrected chi connectivity index (χ3v) is 6.00. The highest BCUT2D eigenvalue weighted by Gasteiger charge is 2.48. The molecule has 158 valence electrons. The summed E-state index contributed by atoms with van der Waals surface area (Å²) in [5.41, 5.74) is 0.335. The minimum atomic E-state index is -0.928. The number of Topliss-reactive ketones (excluding diaryl/α,β-unsaturated/α-hetero) is 1. The normalized spacial score (nSPS) is 20.0. The Morgan fingerprint density at radius 3 is 2.23 bits per heavy atom.